The fourth-order valence-electron chi connectivity index (χ4n) is 3.77. The molecule has 0 fully saturated rings. The third-order valence-electron chi connectivity index (χ3n) is 5.53. The molecule has 2 heterocycles. The number of carbonyl (C=O) groups excluding carboxylic acids is 2. The van der Waals surface area contributed by atoms with Crippen LogP contribution in [-0.2, 0) is 4.79 Å². The molecular formula is C26H20N2O6. The van der Waals surface area contributed by atoms with Crippen LogP contribution in [0.3, 0.4) is 0 Å². The largest absolute Gasteiger partial charge is 0.485 e. The summed E-state index contributed by atoms with van der Waals surface area (Å²) in [6.45, 7) is 1.69. The van der Waals surface area contributed by atoms with Gasteiger partial charge in [-0.05, 0) is 31.2 Å². The van der Waals surface area contributed by atoms with Crippen LogP contribution in [0, 0.1) is 6.92 Å². The van der Waals surface area contributed by atoms with Crippen LogP contribution in [0.15, 0.2) is 82.0 Å². The normalized spacial score (nSPS) is 14.4. The second-order valence-corrected chi connectivity index (χ2v) is 7.74. The van der Waals surface area contributed by atoms with Crippen molar-refractivity contribution in [3.05, 3.63) is 94.1 Å². The van der Waals surface area contributed by atoms with E-state index in [2.05, 4.69) is 10.9 Å². The molecule has 8 heteroatoms. The molecule has 1 aromatic heterocycles. The number of benzene rings is 3. The smallest absolute Gasteiger partial charge is 0.283 e. The molecule has 1 aliphatic rings. The van der Waals surface area contributed by atoms with Crippen molar-refractivity contribution < 1.29 is 23.5 Å². The number of fused-ring (bicyclic) bond motifs is 2. The zero-order valence-corrected chi connectivity index (χ0v) is 18.2. The SMILES string of the molecule is Cc1c(-c2ccccc2)oc2c(C(=O)NNC(=O)[C@@H]3COc4ccccc4O3)cccc2c1=O. The fourth-order valence-corrected chi connectivity index (χ4v) is 3.77. The second-order valence-electron chi connectivity index (χ2n) is 7.74. The quantitative estimate of drug-likeness (QED) is 0.458. The summed E-state index contributed by atoms with van der Waals surface area (Å²) in [5.41, 5.74) is 5.90. The highest BCUT2D eigenvalue weighted by atomic mass is 16.6. The number of ether oxygens (including phenoxy) is 2. The van der Waals surface area contributed by atoms with Crippen molar-refractivity contribution in [2.75, 3.05) is 6.61 Å². The Labute approximate surface area is 194 Å². The van der Waals surface area contributed by atoms with E-state index in [1.54, 1.807) is 43.3 Å². The lowest BCUT2D eigenvalue weighted by molar-refractivity contribution is -0.131. The lowest BCUT2D eigenvalue weighted by Gasteiger charge is -2.25. The molecule has 0 saturated heterocycles. The molecule has 2 amide bonds. The monoisotopic (exact) mass is 456 g/mol. The van der Waals surface area contributed by atoms with Gasteiger partial charge in [0.05, 0.1) is 10.9 Å². The number of carbonyl (C=O) groups is 2. The van der Waals surface area contributed by atoms with Crippen molar-refractivity contribution in [3.63, 3.8) is 0 Å². The van der Waals surface area contributed by atoms with Gasteiger partial charge in [-0.3, -0.25) is 25.2 Å². The zero-order chi connectivity index (χ0) is 23.7. The van der Waals surface area contributed by atoms with Crippen molar-refractivity contribution in [3.8, 4) is 22.8 Å². The maximum Gasteiger partial charge on any atom is 0.283 e. The molecule has 5 rings (SSSR count). The van der Waals surface area contributed by atoms with E-state index in [1.165, 1.54) is 6.07 Å². The van der Waals surface area contributed by atoms with Crippen molar-refractivity contribution >= 4 is 22.8 Å². The Bertz CT molecular complexity index is 1460. The standard InChI is InChI=1S/C26H20N2O6/c1-15-22(29)17-10-7-11-18(24(17)34-23(15)16-8-3-2-4-9-16)25(30)27-28-26(31)21-14-32-19-12-5-6-13-20(19)33-21/h2-13,21H,14H2,1H3,(H,27,30)(H,28,31)/t21-/m0/s1. The Hall–Kier alpha value is -4.59. The fraction of sp³-hybridized carbons (Fsp3) is 0.115. The van der Waals surface area contributed by atoms with Crippen LogP contribution >= 0.6 is 0 Å². The minimum absolute atomic E-state index is 0.00156. The summed E-state index contributed by atoms with van der Waals surface area (Å²) in [6, 6.07) is 20.9. The molecule has 170 valence electrons. The number of hydrogen-bond donors (Lipinski definition) is 2. The Morgan fingerprint density at radius 1 is 0.882 bits per heavy atom. The molecule has 0 bridgehead atoms. The molecule has 4 aromatic rings. The van der Waals surface area contributed by atoms with Crippen molar-refractivity contribution in [2.24, 2.45) is 0 Å². The molecule has 1 aliphatic heterocycles. The van der Waals surface area contributed by atoms with Gasteiger partial charge in [0, 0.05) is 11.1 Å². The molecule has 0 radical (unpaired) electrons. The Balaban J connectivity index is 1.39. The predicted molar refractivity (Wildman–Crippen MR) is 125 cm³/mol. The van der Waals surface area contributed by atoms with E-state index in [0.29, 0.717) is 22.8 Å². The van der Waals surface area contributed by atoms with Crippen LogP contribution < -0.4 is 25.8 Å². The average molecular weight is 456 g/mol. The maximum atomic E-state index is 13.0. The van der Waals surface area contributed by atoms with Crippen LogP contribution in [0.2, 0.25) is 0 Å². The third kappa shape index (κ3) is 3.86. The van der Waals surface area contributed by atoms with E-state index in [1.807, 2.05) is 30.3 Å². The summed E-state index contributed by atoms with van der Waals surface area (Å²) >= 11 is 0. The minimum Gasteiger partial charge on any atom is -0.485 e. The lowest BCUT2D eigenvalue weighted by Crippen LogP contribution is -2.50. The summed E-state index contributed by atoms with van der Waals surface area (Å²) in [7, 11) is 0. The molecule has 2 N–H and O–H groups in total. The summed E-state index contributed by atoms with van der Waals surface area (Å²) in [5, 5.41) is 0.275. The molecule has 0 aliphatic carbocycles. The number of amides is 2. The van der Waals surface area contributed by atoms with Crippen molar-refractivity contribution in [2.45, 2.75) is 13.0 Å². The number of para-hydroxylation sites is 3. The van der Waals surface area contributed by atoms with Crippen LogP contribution in [0.25, 0.3) is 22.3 Å². The molecule has 0 saturated carbocycles. The molecule has 0 spiro atoms. The van der Waals surface area contributed by atoms with E-state index < -0.39 is 17.9 Å². The number of rotatable bonds is 3. The Kier molecular flexibility index (Phi) is 5.47. The van der Waals surface area contributed by atoms with E-state index in [-0.39, 0.29) is 28.6 Å². The van der Waals surface area contributed by atoms with Crippen LogP contribution in [0.5, 0.6) is 11.5 Å². The molecule has 34 heavy (non-hydrogen) atoms. The Morgan fingerprint density at radius 2 is 1.62 bits per heavy atom. The average Bonchev–Trinajstić information content (AvgIpc) is 2.89. The minimum atomic E-state index is -0.937. The van der Waals surface area contributed by atoms with Crippen LogP contribution in [0.1, 0.15) is 15.9 Å². The molecule has 1 atom stereocenters. The Morgan fingerprint density at radius 3 is 2.41 bits per heavy atom. The predicted octanol–water partition coefficient (Wildman–Crippen LogP) is 3.37. The van der Waals surface area contributed by atoms with E-state index in [4.69, 9.17) is 13.9 Å². The summed E-state index contributed by atoms with van der Waals surface area (Å²) in [4.78, 5) is 38.4. The maximum absolute atomic E-state index is 13.0. The molecule has 0 unspecified atom stereocenters. The van der Waals surface area contributed by atoms with Crippen molar-refractivity contribution in [1.82, 2.24) is 10.9 Å². The van der Waals surface area contributed by atoms with E-state index >= 15 is 0 Å². The lowest BCUT2D eigenvalue weighted by atomic mass is 10.0. The number of nitrogens with one attached hydrogen (secondary N) is 2. The van der Waals surface area contributed by atoms with Crippen molar-refractivity contribution in [1.29, 1.82) is 0 Å². The number of hydrogen-bond acceptors (Lipinski definition) is 6. The first-order valence-electron chi connectivity index (χ1n) is 10.6. The van der Waals surface area contributed by atoms with Gasteiger partial charge in [0.25, 0.3) is 11.8 Å². The highest BCUT2D eigenvalue weighted by Crippen LogP contribution is 2.31. The molecule has 3 aromatic carbocycles. The van der Waals surface area contributed by atoms with Gasteiger partial charge in [-0.25, -0.2) is 0 Å². The van der Waals surface area contributed by atoms with Crippen LogP contribution in [-0.4, -0.2) is 24.5 Å². The third-order valence-corrected chi connectivity index (χ3v) is 5.53. The van der Waals surface area contributed by atoms with Gasteiger partial charge in [0.2, 0.25) is 6.10 Å². The molecule has 8 nitrogen and oxygen atoms in total. The van der Waals surface area contributed by atoms with E-state index in [0.717, 1.165) is 5.56 Å². The number of hydrazine groups is 1. The van der Waals surface area contributed by atoms with Gasteiger partial charge < -0.3 is 13.9 Å². The highest BCUT2D eigenvalue weighted by molar-refractivity contribution is 6.05. The summed E-state index contributed by atoms with van der Waals surface area (Å²) < 4.78 is 17.2. The first-order chi connectivity index (χ1) is 16.5. The topological polar surface area (TPSA) is 107 Å². The molecular weight excluding hydrogens is 436 g/mol. The summed E-state index contributed by atoms with van der Waals surface area (Å²) in [5.74, 6) is 0.159. The first kappa shape index (κ1) is 21.3. The highest BCUT2D eigenvalue weighted by Gasteiger charge is 2.28. The van der Waals surface area contributed by atoms with Crippen LogP contribution in [0.4, 0.5) is 0 Å². The van der Waals surface area contributed by atoms with E-state index in [9.17, 15) is 14.4 Å². The van der Waals surface area contributed by atoms with Gasteiger partial charge in [0.1, 0.15) is 12.4 Å². The second kappa shape index (κ2) is 8.74. The van der Waals surface area contributed by atoms with Gasteiger partial charge in [-0.15, -0.1) is 0 Å². The van der Waals surface area contributed by atoms with Gasteiger partial charge in [-0.1, -0.05) is 48.5 Å². The first-order valence-corrected chi connectivity index (χ1v) is 10.6. The van der Waals surface area contributed by atoms with Gasteiger partial charge in [-0.2, -0.15) is 0 Å². The van der Waals surface area contributed by atoms with Gasteiger partial charge >= 0.3 is 0 Å². The zero-order valence-electron chi connectivity index (χ0n) is 18.2. The summed E-state index contributed by atoms with van der Waals surface area (Å²) in [6.07, 6.45) is -0.937. The van der Waals surface area contributed by atoms with Gasteiger partial charge in [0.15, 0.2) is 22.5 Å².